The van der Waals surface area contributed by atoms with Gasteiger partial charge in [0, 0.05) is 36.8 Å². The Hall–Kier alpha value is -3.41. The molecular weight excluding hydrogens is 536 g/mol. The van der Waals surface area contributed by atoms with Gasteiger partial charge in [-0.3, -0.25) is 0 Å². The number of aryl methyl sites for hydroxylation is 2. The number of aliphatic hydroxyl groups is 1. The zero-order chi connectivity index (χ0) is 28.8. The summed E-state index contributed by atoms with van der Waals surface area (Å²) in [7, 11) is 1.77. The first-order valence-corrected chi connectivity index (χ1v) is 13.8. The summed E-state index contributed by atoms with van der Waals surface area (Å²) in [5.74, 6) is 2.28. The van der Waals surface area contributed by atoms with Gasteiger partial charge < -0.3 is 34.6 Å². The minimum absolute atomic E-state index is 0.100. The summed E-state index contributed by atoms with van der Waals surface area (Å²) in [6.45, 7) is 9.58. The average Bonchev–Trinajstić information content (AvgIpc) is 3.27. The van der Waals surface area contributed by atoms with Crippen LogP contribution in [0.3, 0.4) is 0 Å². The summed E-state index contributed by atoms with van der Waals surface area (Å²) < 4.78 is 16.4. The Morgan fingerprint density at radius 1 is 1.25 bits per heavy atom. The number of ether oxygens (including phenoxy) is 2. The molecular formula is C28H37ClN6O5. The lowest BCUT2D eigenvalue weighted by Crippen LogP contribution is -2.42. The van der Waals surface area contributed by atoms with E-state index in [1.807, 2.05) is 20.8 Å². The van der Waals surface area contributed by atoms with E-state index < -0.39 is 6.10 Å². The molecule has 11 nitrogen and oxygen atoms in total. The monoisotopic (exact) mass is 572 g/mol. The van der Waals surface area contributed by atoms with Gasteiger partial charge in [-0.15, -0.1) is 0 Å². The second kappa shape index (κ2) is 13.3. The maximum Gasteiger partial charge on any atom is 0.409 e. The van der Waals surface area contributed by atoms with Gasteiger partial charge in [-0.25, -0.2) is 14.8 Å². The molecule has 1 saturated heterocycles. The van der Waals surface area contributed by atoms with E-state index in [-0.39, 0.29) is 18.7 Å². The van der Waals surface area contributed by atoms with Crippen LogP contribution in [0.2, 0.25) is 5.02 Å². The first kappa shape index (κ1) is 29.6. The lowest BCUT2D eigenvalue weighted by atomic mass is 10.0. The Morgan fingerprint density at radius 2 is 2.00 bits per heavy atom. The number of aromatic nitrogens is 3. The fourth-order valence-corrected chi connectivity index (χ4v) is 4.91. The van der Waals surface area contributed by atoms with E-state index >= 15 is 0 Å². The summed E-state index contributed by atoms with van der Waals surface area (Å²) >= 11 is 6.64. The molecule has 1 amide bonds. The number of hydrogen-bond acceptors (Lipinski definition) is 10. The molecule has 12 heteroatoms. The number of carbonyl (C=O) groups is 1. The van der Waals surface area contributed by atoms with Gasteiger partial charge >= 0.3 is 6.09 Å². The van der Waals surface area contributed by atoms with Crippen molar-refractivity contribution in [2.45, 2.75) is 52.7 Å². The fraction of sp³-hybridized carbons (Fsp3) is 0.500. The molecule has 40 heavy (non-hydrogen) atoms. The van der Waals surface area contributed by atoms with E-state index in [1.54, 1.807) is 37.1 Å². The Bertz CT molecular complexity index is 1310. The predicted molar refractivity (Wildman–Crippen MR) is 153 cm³/mol. The van der Waals surface area contributed by atoms with Crippen LogP contribution in [0.25, 0.3) is 22.6 Å². The molecule has 1 atom stereocenters. The molecule has 2 aromatic heterocycles. The van der Waals surface area contributed by atoms with Crippen LogP contribution in [0.15, 0.2) is 22.7 Å². The number of amides is 1. The van der Waals surface area contributed by atoms with Crippen LogP contribution < -0.4 is 15.4 Å². The Morgan fingerprint density at radius 3 is 2.65 bits per heavy atom. The van der Waals surface area contributed by atoms with Gasteiger partial charge in [0.2, 0.25) is 0 Å². The summed E-state index contributed by atoms with van der Waals surface area (Å²) in [6, 6.07) is 5.35. The number of likely N-dealkylation sites (tertiary alicyclic amines) is 1. The number of nitrogens with one attached hydrogen (secondary N) is 2. The molecule has 0 unspecified atom stereocenters. The smallest absolute Gasteiger partial charge is 0.409 e. The first-order valence-electron chi connectivity index (χ1n) is 13.5. The second-order valence-corrected chi connectivity index (χ2v) is 10.2. The quantitative estimate of drug-likeness (QED) is 0.321. The van der Waals surface area contributed by atoms with Crippen molar-refractivity contribution < 1.29 is 23.9 Å². The van der Waals surface area contributed by atoms with Crippen LogP contribution in [0, 0.1) is 20.8 Å². The molecule has 1 aliphatic heterocycles. The molecule has 1 aromatic carbocycles. The van der Waals surface area contributed by atoms with E-state index in [1.165, 1.54) is 0 Å². The van der Waals surface area contributed by atoms with Crippen LogP contribution in [0.4, 0.5) is 10.6 Å². The van der Waals surface area contributed by atoms with Crippen molar-refractivity contribution in [3.05, 3.63) is 40.2 Å². The van der Waals surface area contributed by atoms with Crippen LogP contribution in [-0.4, -0.2) is 83.3 Å². The van der Waals surface area contributed by atoms with Gasteiger partial charge in [-0.2, -0.15) is 0 Å². The number of piperidine rings is 1. The summed E-state index contributed by atoms with van der Waals surface area (Å²) in [4.78, 5) is 23.7. The maximum absolute atomic E-state index is 12.1. The van der Waals surface area contributed by atoms with E-state index in [2.05, 4.69) is 15.8 Å². The molecule has 1 fully saturated rings. The molecule has 0 spiro atoms. The minimum Gasteiger partial charge on any atom is -0.491 e. The molecule has 3 N–H and O–H groups in total. The van der Waals surface area contributed by atoms with Gasteiger partial charge in [0.1, 0.15) is 30.0 Å². The summed E-state index contributed by atoms with van der Waals surface area (Å²) in [5.41, 5.74) is 3.67. The van der Waals surface area contributed by atoms with Crippen LogP contribution in [0.5, 0.6) is 5.75 Å². The number of rotatable bonds is 10. The summed E-state index contributed by atoms with van der Waals surface area (Å²) in [5, 5.41) is 21.1. The molecule has 1 aliphatic rings. The Balaban J connectivity index is 1.67. The number of likely N-dealkylation sites (N-methyl/N-ethyl adjacent to an activating group) is 1. The lowest BCUT2D eigenvalue weighted by molar-refractivity contribution is 0.0983. The third-order valence-corrected chi connectivity index (χ3v) is 7.17. The number of nitrogens with zero attached hydrogens (tertiary/aromatic N) is 4. The third-order valence-electron chi connectivity index (χ3n) is 6.84. The van der Waals surface area contributed by atoms with Crippen molar-refractivity contribution in [3.63, 3.8) is 0 Å². The number of anilines is 1. The van der Waals surface area contributed by atoms with Gasteiger partial charge in [0.15, 0.2) is 5.82 Å². The molecule has 3 heterocycles. The van der Waals surface area contributed by atoms with Crippen molar-refractivity contribution in [2.24, 2.45) is 0 Å². The number of hydrogen-bond donors (Lipinski definition) is 3. The molecule has 4 rings (SSSR count). The van der Waals surface area contributed by atoms with E-state index in [9.17, 15) is 9.90 Å². The minimum atomic E-state index is -0.656. The number of aliphatic hydroxyl groups excluding tert-OH is 1. The molecule has 0 radical (unpaired) electrons. The number of benzene rings is 1. The molecule has 0 aliphatic carbocycles. The van der Waals surface area contributed by atoms with Crippen LogP contribution in [-0.2, 0) is 4.74 Å². The highest BCUT2D eigenvalue weighted by molar-refractivity contribution is 6.33. The maximum atomic E-state index is 12.1. The van der Waals surface area contributed by atoms with Gasteiger partial charge in [0.05, 0.1) is 28.6 Å². The van der Waals surface area contributed by atoms with E-state index in [0.717, 1.165) is 29.7 Å². The SMILES string of the molecule is CCOC(=O)N1CCC(Nc2nc(-c3cc(OC[C@@H](O)CNC)ccc3Cl)nc(-c3c(C)noc3C)c2C)CC1. The van der Waals surface area contributed by atoms with Gasteiger partial charge in [0.25, 0.3) is 0 Å². The summed E-state index contributed by atoms with van der Waals surface area (Å²) in [6.07, 6.45) is 0.559. The van der Waals surface area contributed by atoms with Gasteiger partial charge in [-0.05, 0) is 65.8 Å². The van der Waals surface area contributed by atoms with Gasteiger partial charge in [-0.1, -0.05) is 16.8 Å². The third kappa shape index (κ3) is 6.83. The highest BCUT2D eigenvalue weighted by Crippen LogP contribution is 2.36. The van der Waals surface area contributed by atoms with Crippen molar-refractivity contribution in [2.75, 3.05) is 45.2 Å². The average molecular weight is 573 g/mol. The molecule has 3 aromatic rings. The Labute approximate surface area is 239 Å². The largest absolute Gasteiger partial charge is 0.491 e. The molecule has 0 saturated carbocycles. The van der Waals surface area contributed by atoms with Crippen molar-refractivity contribution in [3.8, 4) is 28.4 Å². The fourth-order valence-electron chi connectivity index (χ4n) is 4.71. The lowest BCUT2D eigenvalue weighted by Gasteiger charge is -2.32. The van der Waals surface area contributed by atoms with E-state index in [0.29, 0.717) is 65.7 Å². The number of halogens is 1. The molecule has 0 bridgehead atoms. The normalized spacial score (nSPS) is 14.7. The zero-order valence-electron chi connectivity index (χ0n) is 23.6. The van der Waals surface area contributed by atoms with E-state index in [4.69, 9.17) is 35.6 Å². The number of carbonyl (C=O) groups excluding carboxylic acids is 1. The second-order valence-electron chi connectivity index (χ2n) is 9.84. The van der Waals surface area contributed by atoms with Crippen molar-refractivity contribution >= 4 is 23.5 Å². The highest BCUT2D eigenvalue weighted by Gasteiger charge is 2.26. The Kier molecular flexibility index (Phi) is 9.83. The standard InChI is InChI=1S/C28H37ClN6O5/c1-6-38-28(37)35-11-9-19(10-12-35)31-26-16(2)25(24-17(3)34-40-18(24)4)32-27(33-26)22-13-21(7-8-23(22)29)39-15-20(36)14-30-5/h7-8,13,19-20,30,36H,6,9-12,14-15H2,1-5H3,(H,31,32,33)/t20-/m0/s1. The van der Waals surface area contributed by atoms with Crippen molar-refractivity contribution in [1.29, 1.82) is 0 Å². The highest BCUT2D eigenvalue weighted by atomic mass is 35.5. The zero-order valence-corrected chi connectivity index (χ0v) is 24.3. The van der Waals surface area contributed by atoms with Crippen LogP contribution in [0.1, 0.15) is 36.8 Å². The van der Waals surface area contributed by atoms with Crippen molar-refractivity contribution in [1.82, 2.24) is 25.3 Å². The molecule has 216 valence electrons. The topological polar surface area (TPSA) is 135 Å². The van der Waals surface area contributed by atoms with Crippen LogP contribution >= 0.6 is 11.6 Å². The predicted octanol–water partition coefficient (Wildman–Crippen LogP) is 4.37. The first-order chi connectivity index (χ1) is 19.2.